The van der Waals surface area contributed by atoms with E-state index in [1.807, 2.05) is 18.2 Å². The van der Waals surface area contributed by atoms with Crippen molar-refractivity contribution >= 4 is 17.5 Å². The molecule has 1 saturated heterocycles. The number of nitrogens with one attached hydrogen (secondary N) is 1. The van der Waals surface area contributed by atoms with Crippen LogP contribution in [-0.4, -0.2) is 24.4 Å². The van der Waals surface area contributed by atoms with Gasteiger partial charge in [0.1, 0.15) is 0 Å². The van der Waals surface area contributed by atoms with E-state index in [9.17, 15) is 9.59 Å². The van der Waals surface area contributed by atoms with Crippen LogP contribution in [-0.2, 0) is 9.59 Å². The lowest BCUT2D eigenvalue weighted by atomic mass is 9.96. The summed E-state index contributed by atoms with van der Waals surface area (Å²) in [6.45, 7) is 6.99. The lowest BCUT2D eigenvalue weighted by Crippen LogP contribution is -2.42. The van der Waals surface area contributed by atoms with E-state index < -0.39 is 6.04 Å². The minimum Gasteiger partial charge on any atom is -0.305 e. The van der Waals surface area contributed by atoms with Gasteiger partial charge in [0, 0.05) is 6.54 Å². The van der Waals surface area contributed by atoms with Gasteiger partial charge in [-0.15, -0.1) is 0 Å². The fourth-order valence-electron chi connectivity index (χ4n) is 2.07. The normalized spacial score (nSPS) is 20.2. The van der Waals surface area contributed by atoms with Crippen LogP contribution < -0.4 is 10.2 Å². The van der Waals surface area contributed by atoms with E-state index >= 15 is 0 Å². The van der Waals surface area contributed by atoms with Crippen molar-refractivity contribution in [3.8, 4) is 0 Å². The van der Waals surface area contributed by atoms with Crippen LogP contribution in [0.15, 0.2) is 30.3 Å². The zero-order valence-electron chi connectivity index (χ0n) is 11.6. The Labute approximate surface area is 113 Å². The molecule has 0 aromatic heterocycles. The van der Waals surface area contributed by atoms with E-state index in [1.54, 1.807) is 12.1 Å². The van der Waals surface area contributed by atoms with Crippen molar-refractivity contribution in [2.45, 2.75) is 33.2 Å². The zero-order valence-corrected chi connectivity index (χ0v) is 11.6. The molecule has 102 valence electrons. The predicted molar refractivity (Wildman–Crippen MR) is 74.8 cm³/mol. The van der Waals surface area contributed by atoms with E-state index in [2.05, 4.69) is 26.1 Å². The summed E-state index contributed by atoms with van der Waals surface area (Å²) in [5.41, 5.74) is 0.737. The van der Waals surface area contributed by atoms with Gasteiger partial charge in [0.25, 0.3) is 5.91 Å². The molecular weight excluding hydrogens is 240 g/mol. The van der Waals surface area contributed by atoms with Crippen molar-refractivity contribution < 1.29 is 9.59 Å². The number of rotatable bonds is 3. The van der Waals surface area contributed by atoms with Crippen molar-refractivity contribution in [2.24, 2.45) is 5.41 Å². The smallest absolute Gasteiger partial charge is 0.251 e. The van der Waals surface area contributed by atoms with Gasteiger partial charge < -0.3 is 5.32 Å². The number of para-hydroxylation sites is 1. The molecule has 2 amide bonds. The fraction of sp³-hybridized carbons (Fsp3) is 0.467. The Kier molecular flexibility index (Phi) is 3.71. The van der Waals surface area contributed by atoms with Crippen LogP contribution in [0.4, 0.5) is 5.69 Å². The second kappa shape index (κ2) is 5.13. The third-order valence-electron chi connectivity index (χ3n) is 3.04. The summed E-state index contributed by atoms with van der Waals surface area (Å²) in [7, 11) is 0. The Morgan fingerprint density at radius 1 is 1.21 bits per heavy atom. The minimum atomic E-state index is -0.396. The van der Waals surface area contributed by atoms with Gasteiger partial charge in [-0.2, -0.15) is 0 Å². The van der Waals surface area contributed by atoms with E-state index in [-0.39, 0.29) is 23.7 Å². The highest BCUT2D eigenvalue weighted by atomic mass is 16.2. The molecule has 0 saturated carbocycles. The maximum Gasteiger partial charge on any atom is 0.251 e. The average molecular weight is 260 g/mol. The van der Waals surface area contributed by atoms with Gasteiger partial charge in [-0.1, -0.05) is 39.0 Å². The molecule has 1 N–H and O–H groups in total. The SMILES string of the molecule is CC(C)(C)CNC1CC(=O)N(c2ccccc2)C1=O. The summed E-state index contributed by atoms with van der Waals surface area (Å²) in [4.78, 5) is 25.5. The molecule has 1 fully saturated rings. The molecule has 0 bridgehead atoms. The largest absolute Gasteiger partial charge is 0.305 e. The first-order valence-corrected chi connectivity index (χ1v) is 6.54. The molecule has 1 aliphatic rings. The van der Waals surface area contributed by atoms with Gasteiger partial charge in [0.15, 0.2) is 0 Å². The molecule has 0 aliphatic carbocycles. The summed E-state index contributed by atoms with van der Waals surface area (Å²) < 4.78 is 0. The highest BCUT2D eigenvalue weighted by Crippen LogP contribution is 2.23. The number of hydrogen-bond donors (Lipinski definition) is 1. The third-order valence-corrected chi connectivity index (χ3v) is 3.04. The fourth-order valence-corrected chi connectivity index (χ4v) is 2.07. The molecular formula is C15H20N2O2. The van der Waals surface area contributed by atoms with Crippen LogP contribution in [0.5, 0.6) is 0 Å². The zero-order chi connectivity index (χ0) is 14.0. The van der Waals surface area contributed by atoms with Crippen LogP contribution in [0.25, 0.3) is 0 Å². The monoisotopic (exact) mass is 260 g/mol. The quantitative estimate of drug-likeness (QED) is 0.845. The Morgan fingerprint density at radius 2 is 1.84 bits per heavy atom. The summed E-state index contributed by atoms with van der Waals surface area (Å²) in [6.07, 6.45) is 0.240. The molecule has 1 unspecified atom stereocenters. The van der Waals surface area contributed by atoms with Gasteiger partial charge in [-0.3, -0.25) is 9.59 Å². The average Bonchev–Trinajstić information content (AvgIpc) is 2.62. The van der Waals surface area contributed by atoms with Gasteiger partial charge in [0.05, 0.1) is 18.2 Å². The highest BCUT2D eigenvalue weighted by molar-refractivity contribution is 6.22. The van der Waals surface area contributed by atoms with E-state index in [0.29, 0.717) is 12.2 Å². The predicted octanol–water partition coefficient (Wildman–Crippen LogP) is 1.95. The molecule has 4 heteroatoms. The topological polar surface area (TPSA) is 49.4 Å². The summed E-state index contributed by atoms with van der Waals surface area (Å²) in [5, 5.41) is 3.19. The first kappa shape index (κ1) is 13.7. The first-order chi connectivity index (χ1) is 8.88. The lowest BCUT2D eigenvalue weighted by Gasteiger charge is -2.21. The molecule has 1 aliphatic heterocycles. The first-order valence-electron chi connectivity index (χ1n) is 6.54. The van der Waals surface area contributed by atoms with E-state index in [4.69, 9.17) is 0 Å². The standard InChI is InChI=1S/C15H20N2O2/c1-15(2,3)10-16-12-9-13(18)17(14(12)19)11-7-5-4-6-8-11/h4-8,12,16H,9-10H2,1-3H3. The van der Waals surface area contributed by atoms with Crippen LogP contribution in [0.1, 0.15) is 27.2 Å². The number of carbonyl (C=O) groups is 2. The molecule has 0 spiro atoms. The van der Waals surface area contributed by atoms with Gasteiger partial charge >= 0.3 is 0 Å². The Hall–Kier alpha value is -1.68. The third kappa shape index (κ3) is 3.20. The summed E-state index contributed by atoms with van der Waals surface area (Å²) >= 11 is 0. The number of imide groups is 1. The van der Waals surface area contributed by atoms with Crippen LogP contribution in [0, 0.1) is 5.41 Å². The van der Waals surface area contributed by atoms with E-state index in [1.165, 1.54) is 4.90 Å². The molecule has 0 radical (unpaired) electrons. The van der Waals surface area contributed by atoms with Crippen molar-refractivity contribution in [1.29, 1.82) is 0 Å². The Bertz CT molecular complexity index is 477. The lowest BCUT2D eigenvalue weighted by molar-refractivity contribution is -0.121. The number of carbonyl (C=O) groups excluding carboxylic acids is 2. The maximum absolute atomic E-state index is 12.3. The number of nitrogens with zero attached hydrogens (tertiary/aromatic N) is 1. The second-order valence-electron chi connectivity index (χ2n) is 6.10. The van der Waals surface area contributed by atoms with E-state index in [0.717, 1.165) is 0 Å². The number of benzene rings is 1. The number of amides is 2. The van der Waals surface area contributed by atoms with Gasteiger partial charge in [-0.25, -0.2) is 4.90 Å². The van der Waals surface area contributed by atoms with Crippen LogP contribution in [0.2, 0.25) is 0 Å². The Balaban J connectivity index is 2.09. The maximum atomic E-state index is 12.3. The molecule has 1 heterocycles. The Morgan fingerprint density at radius 3 is 2.42 bits per heavy atom. The number of anilines is 1. The molecule has 2 rings (SSSR count). The molecule has 1 aromatic rings. The highest BCUT2D eigenvalue weighted by Gasteiger charge is 2.39. The molecule has 4 nitrogen and oxygen atoms in total. The van der Waals surface area contributed by atoms with Crippen molar-refractivity contribution in [3.63, 3.8) is 0 Å². The molecule has 19 heavy (non-hydrogen) atoms. The second-order valence-corrected chi connectivity index (χ2v) is 6.10. The molecule has 1 aromatic carbocycles. The summed E-state index contributed by atoms with van der Waals surface area (Å²) in [5.74, 6) is -0.289. The van der Waals surface area contributed by atoms with Crippen molar-refractivity contribution in [1.82, 2.24) is 5.32 Å². The van der Waals surface area contributed by atoms with Gasteiger partial charge in [-0.05, 0) is 17.5 Å². The number of hydrogen-bond acceptors (Lipinski definition) is 3. The van der Waals surface area contributed by atoms with Crippen LogP contribution >= 0.6 is 0 Å². The van der Waals surface area contributed by atoms with Crippen molar-refractivity contribution in [2.75, 3.05) is 11.4 Å². The van der Waals surface area contributed by atoms with Crippen LogP contribution in [0.3, 0.4) is 0 Å². The van der Waals surface area contributed by atoms with Crippen molar-refractivity contribution in [3.05, 3.63) is 30.3 Å². The summed E-state index contributed by atoms with van der Waals surface area (Å²) in [6, 6.07) is 8.68. The minimum absolute atomic E-state index is 0.0868. The molecule has 1 atom stereocenters. The van der Waals surface area contributed by atoms with Gasteiger partial charge in [0.2, 0.25) is 5.91 Å².